The molecule has 0 aliphatic carbocycles. The Morgan fingerprint density at radius 1 is 1.00 bits per heavy atom. The summed E-state index contributed by atoms with van der Waals surface area (Å²) >= 11 is 0. The van der Waals surface area contributed by atoms with Crippen molar-refractivity contribution >= 4 is 21.6 Å². The highest BCUT2D eigenvalue weighted by molar-refractivity contribution is 7.89. The van der Waals surface area contributed by atoms with Crippen LogP contribution in [-0.2, 0) is 17.1 Å². The van der Waals surface area contributed by atoms with Crippen molar-refractivity contribution in [2.24, 2.45) is 7.05 Å². The molecular formula is C23H27N3O5S. The largest absolute Gasteiger partial charge is 0.494 e. The van der Waals surface area contributed by atoms with Gasteiger partial charge in [0.25, 0.3) is 5.91 Å². The SMILES string of the molecule is CCOc1ccc(Oc2ccc(NC(=O)c3cc(S(=O)(=O)NC(C)C)cn3C)cc2)cc1. The number of carbonyl (C=O) groups is 1. The van der Waals surface area contributed by atoms with Gasteiger partial charge in [0.1, 0.15) is 27.8 Å². The highest BCUT2D eigenvalue weighted by atomic mass is 32.2. The Hall–Kier alpha value is -3.30. The van der Waals surface area contributed by atoms with Gasteiger partial charge in [-0.15, -0.1) is 0 Å². The predicted octanol–water partition coefficient (Wildman–Crippen LogP) is 4.16. The maximum atomic E-state index is 12.7. The first-order chi connectivity index (χ1) is 15.2. The molecular weight excluding hydrogens is 430 g/mol. The van der Waals surface area contributed by atoms with Crippen LogP contribution < -0.4 is 19.5 Å². The maximum absolute atomic E-state index is 12.7. The van der Waals surface area contributed by atoms with Crippen molar-refractivity contribution in [3.63, 3.8) is 0 Å². The minimum atomic E-state index is -3.68. The highest BCUT2D eigenvalue weighted by Crippen LogP contribution is 2.25. The Labute approximate surface area is 188 Å². The number of amides is 1. The lowest BCUT2D eigenvalue weighted by atomic mass is 10.2. The van der Waals surface area contributed by atoms with Crippen molar-refractivity contribution < 1.29 is 22.7 Å². The Morgan fingerprint density at radius 3 is 2.12 bits per heavy atom. The first kappa shape index (κ1) is 23.4. The first-order valence-electron chi connectivity index (χ1n) is 10.2. The quantitative estimate of drug-likeness (QED) is 0.503. The van der Waals surface area contributed by atoms with E-state index < -0.39 is 15.9 Å². The van der Waals surface area contributed by atoms with Crippen molar-refractivity contribution in [3.8, 4) is 17.2 Å². The fraction of sp³-hybridized carbons (Fsp3) is 0.261. The third-order valence-corrected chi connectivity index (χ3v) is 6.02. The van der Waals surface area contributed by atoms with E-state index in [1.165, 1.54) is 16.8 Å². The Kier molecular flexibility index (Phi) is 7.22. The molecule has 2 aromatic carbocycles. The fourth-order valence-electron chi connectivity index (χ4n) is 2.99. The lowest BCUT2D eigenvalue weighted by Gasteiger charge is -2.09. The molecule has 1 heterocycles. The number of hydrogen-bond donors (Lipinski definition) is 2. The monoisotopic (exact) mass is 457 g/mol. The van der Waals surface area contributed by atoms with Gasteiger partial charge in [0.15, 0.2) is 0 Å². The van der Waals surface area contributed by atoms with Crippen LogP contribution in [0.2, 0.25) is 0 Å². The summed E-state index contributed by atoms with van der Waals surface area (Å²) in [6, 6.07) is 15.3. The van der Waals surface area contributed by atoms with Crippen LogP contribution in [0.1, 0.15) is 31.3 Å². The summed E-state index contributed by atoms with van der Waals surface area (Å²) in [6.45, 7) is 5.99. The second kappa shape index (κ2) is 9.88. The van der Waals surface area contributed by atoms with Crippen LogP contribution in [0.4, 0.5) is 5.69 Å². The Bertz CT molecular complexity index is 1170. The molecule has 0 atom stereocenters. The molecule has 32 heavy (non-hydrogen) atoms. The number of ether oxygens (including phenoxy) is 2. The smallest absolute Gasteiger partial charge is 0.272 e. The molecule has 8 nitrogen and oxygen atoms in total. The van der Waals surface area contributed by atoms with Crippen LogP contribution in [0.3, 0.4) is 0 Å². The normalized spacial score (nSPS) is 11.4. The van der Waals surface area contributed by atoms with Gasteiger partial charge < -0.3 is 19.4 Å². The number of nitrogens with zero attached hydrogens (tertiary/aromatic N) is 1. The summed E-state index contributed by atoms with van der Waals surface area (Å²) in [5.41, 5.74) is 0.781. The standard InChI is InChI=1S/C23H27N3O5S/c1-5-30-18-10-12-20(13-11-18)31-19-8-6-17(7-9-19)24-23(27)22-14-21(15-26(22)4)32(28,29)25-16(2)3/h6-16,25H,5H2,1-4H3,(H,24,27). The number of nitrogens with one attached hydrogen (secondary N) is 2. The lowest BCUT2D eigenvalue weighted by Crippen LogP contribution is -2.29. The van der Waals surface area contributed by atoms with Gasteiger partial charge in [-0.1, -0.05) is 0 Å². The maximum Gasteiger partial charge on any atom is 0.272 e. The topological polar surface area (TPSA) is 98.7 Å². The van der Waals surface area contributed by atoms with Crippen LogP contribution in [0, 0.1) is 0 Å². The molecule has 0 saturated heterocycles. The molecule has 0 radical (unpaired) electrons. The summed E-state index contributed by atoms with van der Waals surface area (Å²) in [5.74, 6) is 1.63. The number of rotatable bonds is 9. The number of hydrogen-bond acceptors (Lipinski definition) is 5. The molecule has 0 aliphatic heterocycles. The van der Waals surface area contributed by atoms with Crippen molar-refractivity contribution in [3.05, 3.63) is 66.5 Å². The van der Waals surface area contributed by atoms with E-state index in [0.717, 1.165) is 5.75 Å². The van der Waals surface area contributed by atoms with E-state index in [1.807, 2.05) is 31.2 Å². The molecule has 0 aliphatic rings. The molecule has 0 bridgehead atoms. The number of benzene rings is 2. The zero-order valence-electron chi connectivity index (χ0n) is 18.5. The van der Waals surface area contributed by atoms with Gasteiger partial charge in [-0.3, -0.25) is 4.79 Å². The number of aryl methyl sites for hydroxylation is 1. The fourth-order valence-corrected chi connectivity index (χ4v) is 4.31. The van der Waals surface area contributed by atoms with E-state index in [0.29, 0.717) is 23.8 Å². The summed E-state index contributed by atoms with van der Waals surface area (Å²) in [7, 11) is -2.06. The summed E-state index contributed by atoms with van der Waals surface area (Å²) < 4.78 is 39.9. The third kappa shape index (κ3) is 5.89. The Balaban J connectivity index is 1.66. The zero-order valence-corrected chi connectivity index (χ0v) is 19.3. The average Bonchev–Trinajstić information content (AvgIpc) is 3.13. The molecule has 0 unspecified atom stereocenters. The zero-order chi connectivity index (χ0) is 23.3. The highest BCUT2D eigenvalue weighted by Gasteiger charge is 2.21. The van der Waals surface area contributed by atoms with E-state index in [4.69, 9.17) is 9.47 Å². The minimum absolute atomic E-state index is 0.0398. The molecule has 3 rings (SSSR count). The van der Waals surface area contributed by atoms with Crippen LogP contribution in [0.15, 0.2) is 65.7 Å². The average molecular weight is 458 g/mol. The van der Waals surface area contributed by atoms with Gasteiger partial charge in [0.2, 0.25) is 10.0 Å². The van der Waals surface area contributed by atoms with Crippen LogP contribution in [0.25, 0.3) is 0 Å². The molecule has 1 amide bonds. The summed E-state index contributed by atoms with van der Waals surface area (Å²) in [5, 5.41) is 2.77. The molecule has 1 aromatic heterocycles. The molecule has 2 N–H and O–H groups in total. The summed E-state index contributed by atoms with van der Waals surface area (Å²) in [6.07, 6.45) is 1.41. The molecule has 170 valence electrons. The van der Waals surface area contributed by atoms with Gasteiger partial charge in [-0.05, 0) is 75.4 Å². The van der Waals surface area contributed by atoms with Gasteiger partial charge in [-0.25, -0.2) is 13.1 Å². The van der Waals surface area contributed by atoms with Crippen LogP contribution in [-0.4, -0.2) is 31.5 Å². The molecule has 3 aromatic rings. The predicted molar refractivity (Wildman–Crippen MR) is 123 cm³/mol. The molecule has 0 saturated carbocycles. The number of carbonyl (C=O) groups excluding carboxylic acids is 1. The second-order valence-electron chi connectivity index (χ2n) is 7.43. The third-order valence-electron chi connectivity index (χ3n) is 4.40. The van der Waals surface area contributed by atoms with Crippen molar-refractivity contribution in [2.75, 3.05) is 11.9 Å². The van der Waals surface area contributed by atoms with E-state index in [1.54, 1.807) is 45.2 Å². The lowest BCUT2D eigenvalue weighted by molar-refractivity contribution is 0.101. The number of sulfonamides is 1. The molecule has 0 fully saturated rings. The van der Waals surface area contributed by atoms with Gasteiger partial charge >= 0.3 is 0 Å². The van der Waals surface area contributed by atoms with Crippen molar-refractivity contribution in [2.45, 2.75) is 31.7 Å². The second-order valence-corrected chi connectivity index (χ2v) is 9.15. The van der Waals surface area contributed by atoms with Crippen molar-refractivity contribution in [1.82, 2.24) is 9.29 Å². The molecule has 0 spiro atoms. The van der Waals surface area contributed by atoms with Crippen molar-refractivity contribution in [1.29, 1.82) is 0 Å². The first-order valence-corrected chi connectivity index (χ1v) is 11.7. The van der Waals surface area contributed by atoms with Gasteiger partial charge in [0, 0.05) is 25.0 Å². The van der Waals surface area contributed by atoms with Crippen LogP contribution >= 0.6 is 0 Å². The number of aromatic nitrogens is 1. The van der Waals surface area contributed by atoms with Gasteiger partial charge in [-0.2, -0.15) is 0 Å². The van der Waals surface area contributed by atoms with E-state index in [9.17, 15) is 13.2 Å². The summed E-state index contributed by atoms with van der Waals surface area (Å²) in [4.78, 5) is 12.7. The Morgan fingerprint density at radius 2 is 1.56 bits per heavy atom. The van der Waals surface area contributed by atoms with E-state index in [2.05, 4.69) is 10.0 Å². The van der Waals surface area contributed by atoms with Crippen LogP contribution in [0.5, 0.6) is 17.2 Å². The number of anilines is 1. The van der Waals surface area contributed by atoms with E-state index >= 15 is 0 Å². The van der Waals surface area contributed by atoms with E-state index in [-0.39, 0.29) is 16.6 Å². The minimum Gasteiger partial charge on any atom is -0.494 e. The molecule has 9 heteroatoms. The van der Waals surface area contributed by atoms with Gasteiger partial charge in [0.05, 0.1) is 6.61 Å².